The number of aromatic nitrogens is 2. The molecule has 8 heteroatoms. The number of carbonyl (C=O) groups is 1. The molecule has 0 atom stereocenters. The van der Waals surface area contributed by atoms with E-state index in [9.17, 15) is 18.0 Å². The van der Waals surface area contributed by atoms with Crippen molar-refractivity contribution >= 4 is 5.97 Å². The zero-order chi connectivity index (χ0) is 17.9. The molecule has 0 saturated carbocycles. The zero-order valence-corrected chi connectivity index (χ0v) is 13.5. The van der Waals surface area contributed by atoms with E-state index in [0.717, 1.165) is 16.8 Å². The third-order valence-corrected chi connectivity index (χ3v) is 3.34. The van der Waals surface area contributed by atoms with E-state index >= 15 is 0 Å². The summed E-state index contributed by atoms with van der Waals surface area (Å²) in [7, 11) is 0. The molecule has 1 aromatic carbocycles. The van der Waals surface area contributed by atoms with Crippen LogP contribution in [0.25, 0.3) is 0 Å². The minimum absolute atomic E-state index is 0.0225. The Balaban J connectivity index is 2.35. The molecule has 2 rings (SSSR count). The van der Waals surface area contributed by atoms with Crippen molar-refractivity contribution in [2.45, 2.75) is 27.3 Å². The van der Waals surface area contributed by atoms with Crippen molar-refractivity contribution in [1.29, 1.82) is 0 Å². The number of nitrogens with zero attached hydrogens (tertiary/aromatic N) is 2. The third-order valence-electron chi connectivity index (χ3n) is 3.34. The lowest BCUT2D eigenvalue weighted by atomic mass is 10.2. The first kappa shape index (κ1) is 17.8. The fourth-order valence-corrected chi connectivity index (χ4v) is 2.14. The first-order valence-electron chi connectivity index (χ1n) is 7.39. The average Bonchev–Trinajstić information content (AvgIpc) is 2.80. The first-order chi connectivity index (χ1) is 11.4. The number of ether oxygens (including phenoxy) is 2. The van der Waals surface area contributed by atoms with Gasteiger partial charge in [-0.3, -0.25) is 4.68 Å². The largest absolute Gasteiger partial charge is 0.494 e. The summed E-state index contributed by atoms with van der Waals surface area (Å²) in [5.41, 5.74) is -0.841. The average molecular weight is 342 g/mol. The van der Waals surface area contributed by atoms with Gasteiger partial charge < -0.3 is 9.47 Å². The molecule has 130 valence electrons. The van der Waals surface area contributed by atoms with Gasteiger partial charge in [-0.25, -0.2) is 18.0 Å². The van der Waals surface area contributed by atoms with E-state index in [1.807, 2.05) is 0 Å². The van der Waals surface area contributed by atoms with Crippen molar-refractivity contribution in [1.82, 2.24) is 9.78 Å². The molecule has 1 heterocycles. The molecule has 0 amide bonds. The van der Waals surface area contributed by atoms with Gasteiger partial charge in [-0.2, -0.15) is 5.10 Å². The van der Waals surface area contributed by atoms with E-state index < -0.39 is 29.1 Å². The van der Waals surface area contributed by atoms with E-state index in [4.69, 9.17) is 9.47 Å². The highest BCUT2D eigenvalue weighted by Crippen LogP contribution is 2.23. The minimum Gasteiger partial charge on any atom is -0.494 e. The summed E-state index contributed by atoms with van der Waals surface area (Å²) in [5, 5.41) is 3.77. The van der Waals surface area contributed by atoms with E-state index in [-0.39, 0.29) is 36.8 Å². The Morgan fingerprint density at radius 3 is 2.33 bits per heavy atom. The Morgan fingerprint density at radius 1 is 1.17 bits per heavy atom. The monoisotopic (exact) mass is 342 g/mol. The molecular weight excluding hydrogens is 325 g/mol. The molecule has 0 aliphatic rings. The molecule has 5 nitrogen and oxygen atoms in total. The molecule has 0 N–H and O–H groups in total. The lowest BCUT2D eigenvalue weighted by Crippen LogP contribution is -2.10. The normalized spacial score (nSPS) is 10.8. The molecule has 1 aromatic heterocycles. The molecule has 0 saturated heterocycles. The topological polar surface area (TPSA) is 53.3 Å². The van der Waals surface area contributed by atoms with E-state index in [2.05, 4.69) is 5.10 Å². The molecule has 0 unspecified atom stereocenters. The van der Waals surface area contributed by atoms with Gasteiger partial charge in [0, 0.05) is 17.7 Å². The molecule has 0 radical (unpaired) electrons. The summed E-state index contributed by atoms with van der Waals surface area (Å²) in [5.74, 6) is -3.42. The van der Waals surface area contributed by atoms with E-state index in [0.29, 0.717) is 0 Å². The first-order valence-corrected chi connectivity index (χ1v) is 7.39. The SMILES string of the molecule is CCOC(=O)c1nn(Cc2c(F)cc(OCC)cc2F)c(C)c1F. The van der Waals surface area contributed by atoms with E-state index in [1.54, 1.807) is 13.8 Å². The number of benzene rings is 1. The second-order valence-electron chi connectivity index (χ2n) is 4.92. The summed E-state index contributed by atoms with van der Waals surface area (Å²) >= 11 is 0. The van der Waals surface area contributed by atoms with Crippen LogP contribution in [0.15, 0.2) is 12.1 Å². The molecule has 24 heavy (non-hydrogen) atoms. The number of halogens is 3. The molecule has 0 aliphatic carbocycles. The lowest BCUT2D eigenvalue weighted by molar-refractivity contribution is 0.0513. The van der Waals surface area contributed by atoms with Crippen molar-refractivity contribution < 1.29 is 27.4 Å². The van der Waals surface area contributed by atoms with Gasteiger partial charge in [0.15, 0.2) is 5.82 Å². The van der Waals surface area contributed by atoms with Gasteiger partial charge >= 0.3 is 5.97 Å². The number of carbonyl (C=O) groups excluding carboxylic acids is 1. The predicted molar refractivity (Wildman–Crippen MR) is 79.5 cm³/mol. The van der Waals surface area contributed by atoms with Gasteiger partial charge in [-0.15, -0.1) is 0 Å². The number of esters is 1. The molecule has 0 fully saturated rings. The molecule has 0 bridgehead atoms. The Kier molecular flexibility index (Phi) is 5.48. The highest BCUT2D eigenvalue weighted by molar-refractivity contribution is 5.87. The van der Waals surface area contributed by atoms with Crippen molar-refractivity contribution in [2.24, 2.45) is 0 Å². The summed E-state index contributed by atoms with van der Waals surface area (Å²) in [6, 6.07) is 2.09. The van der Waals surface area contributed by atoms with Gasteiger partial charge in [0.05, 0.1) is 25.5 Å². The second-order valence-corrected chi connectivity index (χ2v) is 4.92. The summed E-state index contributed by atoms with van der Waals surface area (Å²) < 4.78 is 53.0. The third kappa shape index (κ3) is 3.52. The molecule has 0 spiro atoms. The van der Waals surface area contributed by atoms with Crippen molar-refractivity contribution in [3.63, 3.8) is 0 Å². The van der Waals surface area contributed by atoms with Crippen LogP contribution in [0.4, 0.5) is 13.2 Å². The van der Waals surface area contributed by atoms with Crippen LogP contribution >= 0.6 is 0 Å². The van der Waals surface area contributed by atoms with Crippen LogP contribution in [0.3, 0.4) is 0 Å². The molecule has 0 aliphatic heterocycles. The van der Waals surface area contributed by atoms with Crippen LogP contribution in [0.5, 0.6) is 5.75 Å². The maximum Gasteiger partial charge on any atom is 0.361 e. The van der Waals surface area contributed by atoms with Gasteiger partial charge in [0.25, 0.3) is 0 Å². The van der Waals surface area contributed by atoms with Gasteiger partial charge in [-0.1, -0.05) is 0 Å². The van der Waals surface area contributed by atoms with Crippen molar-refractivity contribution in [3.8, 4) is 5.75 Å². The Bertz CT molecular complexity index is 736. The number of hydrogen-bond donors (Lipinski definition) is 0. The molecule has 2 aromatic rings. The van der Waals surface area contributed by atoms with Crippen LogP contribution in [0.2, 0.25) is 0 Å². The lowest BCUT2D eigenvalue weighted by Gasteiger charge is -2.10. The van der Waals surface area contributed by atoms with Crippen LogP contribution in [0, 0.1) is 24.4 Å². The predicted octanol–water partition coefficient (Wildman–Crippen LogP) is 3.23. The Morgan fingerprint density at radius 2 is 1.79 bits per heavy atom. The van der Waals surface area contributed by atoms with Crippen LogP contribution < -0.4 is 4.74 Å². The Hall–Kier alpha value is -2.51. The van der Waals surface area contributed by atoms with Gasteiger partial charge in [0.1, 0.15) is 17.4 Å². The van der Waals surface area contributed by atoms with Crippen LogP contribution in [0.1, 0.15) is 35.6 Å². The number of hydrogen-bond acceptors (Lipinski definition) is 4. The minimum atomic E-state index is -0.926. The van der Waals surface area contributed by atoms with E-state index in [1.165, 1.54) is 6.92 Å². The fraction of sp³-hybridized carbons (Fsp3) is 0.375. The fourth-order valence-electron chi connectivity index (χ4n) is 2.14. The highest BCUT2D eigenvalue weighted by Gasteiger charge is 2.23. The quantitative estimate of drug-likeness (QED) is 0.757. The number of rotatable bonds is 6. The van der Waals surface area contributed by atoms with Gasteiger partial charge in [0.2, 0.25) is 5.69 Å². The maximum atomic E-state index is 14.1. The molecular formula is C16H17F3N2O3. The summed E-state index contributed by atoms with van der Waals surface area (Å²) in [4.78, 5) is 11.6. The van der Waals surface area contributed by atoms with Crippen LogP contribution in [-0.4, -0.2) is 29.0 Å². The van der Waals surface area contributed by atoms with Crippen molar-refractivity contribution in [3.05, 3.63) is 46.5 Å². The van der Waals surface area contributed by atoms with Crippen molar-refractivity contribution in [2.75, 3.05) is 13.2 Å². The van der Waals surface area contributed by atoms with Crippen LogP contribution in [-0.2, 0) is 11.3 Å². The summed E-state index contributed by atoms with van der Waals surface area (Å²) in [6.45, 7) is 4.58. The highest BCUT2D eigenvalue weighted by atomic mass is 19.1. The maximum absolute atomic E-state index is 14.1. The second kappa shape index (κ2) is 7.37. The van der Waals surface area contributed by atoms with Gasteiger partial charge in [-0.05, 0) is 20.8 Å². The Labute approximate surface area is 137 Å². The summed E-state index contributed by atoms with van der Waals surface area (Å²) in [6.07, 6.45) is 0. The standard InChI is InChI=1S/C16H17F3N2O3/c1-4-23-10-6-12(17)11(13(18)7-10)8-21-9(3)14(19)15(20-21)16(22)24-5-2/h6-7H,4-5,8H2,1-3H3. The zero-order valence-electron chi connectivity index (χ0n) is 13.5. The smallest absolute Gasteiger partial charge is 0.361 e.